The molecule has 0 fully saturated rings. The van der Waals surface area contributed by atoms with Crippen molar-refractivity contribution in [2.75, 3.05) is 0 Å². The Hall–Kier alpha value is -3.03. The molecule has 0 radical (unpaired) electrons. The highest BCUT2D eigenvalue weighted by atomic mass is 19.4. The predicted molar refractivity (Wildman–Crippen MR) is 103 cm³/mol. The van der Waals surface area contributed by atoms with E-state index in [9.17, 15) is 27.6 Å². The van der Waals surface area contributed by atoms with E-state index in [0.29, 0.717) is 11.7 Å². The lowest BCUT2D eigenvalue weighted by atomic mass is 9.85. The van der Waals surface area contributed by atoms with Gasteiger partial charge in [-0.15, -0.1) is 0 Å². The molecule has 2 rings (SSSR count). The number of hydrogen-bond donors (Lipinski definition) is 1. The van der Waals surface area contributed by atoms with Crippen LogP contribution in [0.15, 0.2) is 24.4 Å². The van der Waals surface area contributed by atoms with Gasteiger partial charge in [-0.05, 0) is 33.8 Å². The van der Waals surface area contributed by atoms with E-state index in [1.165, 1.54) is 25.1 Å². The van der Waals surface area contributed by atoms with Crippen LogP contribution in [0.25, 0.3) is 0 Å². The molecular weight excluding hydrogens is 403 g/mol. The summed E-state index contributed by atoms with van der Waals surface area (Å²) < 4.78 is 60.0. The fourth-order valence-corrected chi connectivity index (χ4v) is 2.89. The molecule has 11 heteroatoms. The summed E-state index contributed by atoms with van der Waals surface area (Å²) in [6.07, 6.45) is -5.00. The van der Waals surface area contributed by atoms with Gasteiger partial charge in [0.1, 0.15) is 25.3 Å². The highest BCUT2D eigenvalue weighted by Crippen LogP contribution is 2.31. The van der Waals surface area contributed by atoms with E-state index < -0.39 is 47.3 Å². The van der Waals surface area contributed by atoms with E-state index in [-0.39, 0.29) is 5.56 Å². The number of halogens is 4. The largest absolute Gasteiger partial charge is 0.444 e. The van der Waals surface area contributed by atoms with Gasteiger partial charge in [-0.25, -0.2) is 14.2 Å². The zero-order valence-electron chi connectivity index (χ0n) is 17.2. The lowest BCUT2D eigenvalue weighted by Crippen LogP contribution is -2.49. The molecule has 1 N–H and O–H groups in total. The fraction of sp³-hybridized carbons (Fsp3) is 0.421. The first-order chi connectivity index (χ1) is 13.6. The van der Waals surface area contributed by atoms with Gasteiger partial charge in [-0.3, -0.25) is 0 Å². The van der Waals surface area contributed by atoms with Crippen molar-refractivity contribution < 1.29 is 27.1 Å². The number of alkyl carbamates (subject to hydrolysis) is 1. The summed E-state index contributed by atoms with van der Waals surface area (Å²) in [5.41, 5.74) is -2.96. The number of nitrogens with zero attached hydrogens (tertiary/aromatic N) is 3. The molecule has 0 saturated heterocycles. The van der Waals surface area contributed by atoms with Crippen LogP contribution in [-0.2, 0) is 23.0 Å². The van der Waals surface area contributed by atoms with E-state index in [1.807, 2.05) is 0 Å². The maximum atomic E-state index is 14.7. The third-order valence-electron chi connectivity index (χ3n) is 4.15. The Morgan fingerprint density at radius 2 is 1.93 bits per heavy atom. The molecule has 1 unspecified atom stereocenters. The van der Waals surface area contributed by atoms with Crippen molar-refractivity contribution in [2.24, 2.45) is 0 Å². The summed E-state index contributed by atoms with van der Waals surface area (Å²) in [4.78, 5) is 15.7. The first-order valence-corrected chi connectivity index (χ1v) is 8.97. The molecule has 0 aliphatic rings. The number of rotatable bonds is 4. The summed E-state index contributed by atoms with van der Waals surface area (Å²) in [6, 6.07) is 5.78. The molecule has 0 aliphatic carbocycles. The third-order valence-corrected chi connectivity index (χ3v) is 4.15. The summed E-state index contributed by atoms with van der Waals surface area (Å²) >= 11 is 0. The Labute approximate surface area is 172 Å². The Morgan fingerprint density at radius 1 is 1.30 bits per heavy atom. The van der Waals surface area contributed by atoms with Crippen molar-refractivity contribution in [3.63, 3.8) is 0 Å². The van der Waals surface area contributed by atoms with E-state index in [1.54, 1.807) is 34.7 Å². The zero-order valence-corrected chi connectivity index (χ0v) is 17.2. The van der Waals surface area contributed by atoms with Gasteiger partial charge in [-0.2, -0.15) is 18.4 Å². The second-order valence-electron chi connectivity index (χ2n) is 8.13. The number of nitriles is 1. The molecule has 6 nitrogen and oxygen atoms in total. The Bertz CT molecular complexity index is 992. The summed E-state index contributed by atoms with van der Waals surface area (Å²) in [5, 5.41) is 11.8. The molecular formula is C19H21BF4N4O2. The number of imidazole rings is 1. The first-order valence-electron chi connectivity index (χ1n) is 8.97. The molecule has 1 amide bonds. The Morgan fingerprint density at radius 3 is 2.47 bits per heavy atom. The van der Waals surface area contributed by atoms with Crippen molar-refractivity contribution >= 4 is 19.4 Å². The smallest absolute Gasteiger partial charge is 0.434 e. The van der Waals surface area contributed by atoms with Gasteiger partial charge >= 0.3 is 12.3 Å². The quantitative estimate of drug-likeness (QED) is 0.605. The lowest BCUT2D eigenvalue weighted by Gasteiger charge is -2.33. The lowest BCUT2D eigenvalue weighted by molar-refractivity contribution is -0.141. The number of carbonyl (C=O) groups excluding carboxylic acids is 1. The average Bonchev–Trinajstić information content (AvgIpc) is 2.97. The number of alkyl halides is 3. The van der Waals surface area contributed by atoms with Crippen LogP contribution >= 0.6 is 0 Å². The van der Waals surface area contributed by atoms with Gasteiger partial charge in [0.25, 0.3) is 0 Å². The fourth-order valence-electron chi connectivity index (χ4n) is 2.89. The Balaban J connectivity index is 2.55. The second-order valence-corrected chi connectivity index (χ2v) is 8.13. The van der Waals surface area contributed by atoms with Crippen LogP contribution < -0.4 is 10.8 Å². The summed E-state index contributed by atoms with van der Waals surface area (Å²) in [6.45, 7) is 5.95. The number of aromatic nitrogens is 2. The van der Waals surface area contributed by atoms with Crippen molar-refractivity contribution in [1.29, 1.82) is 5.26 Å². The van der Waals surface area contributed by atoms with Crippen LogP contribution in [-0.4, -0.2) is 29.1 Å². The van der Waals surface area contributed by atoms with E-state index in [2.05, 4.69) is 10.3 Å². The van der Waals surface area contributed by atoms with Crippen LogP contribution in [0.3, 0.4) is 0 Å². The predicted octanol–water partition coefficient (Wildman–Crippen LogP) is 2.61. The van der Waals surface area contributed by atoms with Crippen LogP contribution in [0, 0.1) is 17.1 Å². The number of hydrogen-bond acceptors (Lipinski definition) is 4. The maximum absolute atomic E-state index is 14.7. The van der Waals surface area contributed by atoms with Gasteiger partial charge in [0.05, 0.1) is 12.1 Å². The van der Waals surface area contributed by atoms with Crippen LogP contribution in [0.5, 0.6) is 0 Å². The maximum Gasteiger partial charge on any atom is 0.434 e. The molecule has 1 heterocycles. The SMILES string of the molecule is Bc1ccc(F)c(C(C)(Cn2cc(C(F)(F)F)nc2C#N)NC(=O)OC(C)(C)C)c1. The van der Waals surface area contributed by atoms with Gasteiger partial charge < -0.3 is 14.6 Å². The minimum atomic E-state index is -4.76. The van der Waals surface area contributed by atoms with Crippen molar-refractivity contribution in [3.05, 3.63) is 47.3 Å². The molecule has 0 aliphatic heterocycles. The van der Waals surface area contributed by atoms with Gasteiger partial charge in [0, 0.05) is 11.8 Å². The first kappa shape index (κ1) is 23.3. The molecule has 1 atom stereocenters. The number of benzene rings is 1. The normalized spacial score (nSPS) is 14.0. The van der Waals surface area contributed by atoms with Crippen LogP contribution in [0.2, 0.25) is 0 Å². The number of nitrogens with one attached hydrogen (secondary N) is 1. The average molecular weight is 424 g/mol. The van der Waals surface area contributed by atoms with Gasteiger partial charge in [-0.1, -0.05) is 17.6 Å². The summed E-state index contributed by atoms with van der Waals surface area (Å²) in [7, 11) is 1.70. The Kier molecular flexibility index (Phi) is 6.21. The van der Waals surface area contributed by atoms with Crippen LogP contribution in [0.1, 0.15) is 44.8 Å². The molecule has 0 saturated carbocycles. The monoisotopic (exact) mass is 424 g/mol. The number of amides is 1. The third kappa shape index (κ3) is 5.52. The molecule has 0 bridgehead atoms. The van der Waals surface area contributed by atoms with Gasteiger partial charge in [0.2, 0.25) is 5.82 Å². The van der Waals surface area contributed by atoms with Crippen molar-refractivity contribution in [3.8, 4) is 6.07 Å². The molecule has 1 aromatic carbocycles. The highest BCUT2D eigenvalue weighted by molar-refractivity contribution is 6.32. The molecule has 30 heavy (non-hydrogen) atoms. The van der Waals surface area contributed by atoms with E-state index in [4.69, 9.17) is 4.74 Å². The van der Waals surface area contributed by atoms with Crippen molar-refractivity contribution in [1.82, 2.24) is 14.9 Å². The van der Waals surface area contributed by atoms with Crippen molar-refractivity contribution in [2.45, 2.75) is 51.6 Å². The molecule has 160 valence electrons. The topological polar surface area (TPSA) is 79.9 Å². The highest BCUT2D eigenvalue weighted by Gasteiger charge is 2.38. The summed E-state index contributed by atoms with van der Waals surface area (Å²) in [5.74, 6) is -1.19. The molecule has 1 aromatic heterocycles. The molecule has 0 spiro atoms. The second kappa shape index (κ2) is 8.01. The minimum Gasteiger partial charge on any atom is -0.444 e. The number of ether oxygens (including phenoxy) is 1. The standard InChI is InChI=1S/C19H21BF4N4O2/c1-17(2,3)30-16(29)27-18(4,12-7-11(20)5-6-13(12)21)10-28-9-14(19(22,23)24)26-15(28)8-25/h5-7,9H,10,20H2,1-4H3,(H,27,29). The van der Waals surface area contributed by atoms with E-state index in [0.717, 1.165) is 4.57 Å². The van der Waals surface area contributed by atoms with Crippen LogP contribution in [0.4, 0.5) is 22.4 Å². The number of carbonyl (C=O) groups is 1. The molecule has 2 aromatic rings. The van der Waals surface area contributed by atoms with Gasteiger partial charge in [0.15, 0.2) is 5.69 Å². The minimum absolute atomic E-state index is 0.0273. The zero-order chi connectivity index (χ0) is 22.9. The van der Waals surface area contributed by atoms with E-state index >= 15 is 0 Å².